The van der Waals surface area contributed by atoms with E-state index in [9.17, 15) is 21.6 Å². The molecule has 1 amide bonds. The number of carbonyl (C=O) groups is 1. The summed E-state index contributed by atoms with van der Waals surface area (Å²) in [6.45, 7) is 0.577. The van der Waals surface area contributed by atoms with E-state index in [0.29, 0.717) is 19.4 Å². The standard InChI is InChI=1S/C13H25N3O6S2/c1-14-24(20,21)9-10-5-4-6-15(10)13(17)12-7-11(22-2)8-16(12)23(3,18)19/h10-12,14H,4-9H2,1-3H3/t10?,11-,12+/m0/s1. The van der Waals surface area contributed by atoms with Crippen molar-refractivity contribution in [2.24, 2.45) is 0 Å². The van der Waals surface area contributed by atoms with Gasteiger partial charge in [-0.3, -0.25) is 4.79 Å². The molecule has 2 aliphatic heterocycles. The fourth-order valence-corrected chi connectivity index (χ4v) is 5.45. The van der Waals surface area contributed by atoms with E-state index in [2.05, 4.69) is 4.72 Å². The van der Waals surface area contributed by atoms with Gasteiger partial charge in [0.05, 0.1) is 18.1 Å². The van der Waals surface area contributed by atoms with Crippen LogP contribution in [0.4, 0.5) is 0 Å². The van der Waals surface area contributed by atoms with Crippen LogP contribution < -0.4 is 4.72 Å². The second kappa shape index (κ2) is 7.24. The topological polar surface area (TPSA) is 113 Å². The normalized spacial score (nSPS) is 29.3. The van der Waals surface area contributed by atoms with Crippen molar-refractivity contribution in [1.82, 2.24) is 13.9 Å². The number of methoxy groups -OCH3 is 1. The Labute approximate surface area is 143 Å². The Morgan fingerprint density at radius 2 is 1.96 bits per heavy atom. The second-order valence-electron chi connectivity index (χ2n) is 6.26. The Morgan fingerprint density at radius 1 is 1.29 bits per heavy atom. The molecule has 1 N–H and O–H groups in total. The van der Waals surface area contributed by atoms with Crippen molar-refractivity contribution < 1.29 is 26.4 Å². The molecule has 140 valence electrons. The molecule has 0 aromatic heterocycles. The first-order valence-corrected chi connectivity index (χ1v) is 11.3. The molecule has 2 heterocycles. The van der Waals surface area contributed by atoms with E-state index < -0.39 is 32.1 Å². The number of hydrogen-bond donors (Lipinski definition) is 1. The molecule has 1 unspecified atom stereocenters. The SMILES string of the molecule is CNS(=O)(=O)CC1CCCN1C(=O)[C@H]1C[C@H](OC)CN1S(C)(=O)=O. The molecule has 2 rings (SSSR count). The van der Waals surface area contributed by atoms with Crippen LogP contribution in [0.1, 0.15) is 19.3 Å². The molecule has 24 heavy (non-hydrogen) atoms. The summed E-state index contributed by atoms with van der Waals surface area (Å²) in [6, 6.07) is -1.26. The van der Waals surface area contributed by atoms with E-state index in [1.807, 2.05) is 0 Å². The first kappa shape index (κ1) is 19.6. The van der Waals surface area contributed by atoms with E-state index in [1.54, 1.807) is 0 Å². The lowest BCUT2D eigenvalue weighted by molar-refractivity contribution is -0.135. The zero-order valence-corrected chi connectivity index (χ0v) is 15.8. The van der Waals surface area contributed by atoms with Crippen LogP contribution in [-0.2, 0) is 29.6 Å². The van der Waals surface area contributed by atoms with Gasteiger partial charge in [0.1, 0.15) is 6.04 Å². The van der Waals surface area contributed by atoms with Gasteiger partial charge < -0.3 is 9.64 Å². The summed E-state index contributed by atoms with van der Waals surface area (Å²) in [5, 5.41) is 0. The van der Waals surface area contributed by atoms with Gasteiger partial charge in [0.2, 0.25) is 26.0 Å². The summed E-state index contributed by atoms with van der Waals surface area (Å²) >= 11 is 0. The highest BCUT2D eigenvalue weighted by molar-refractivity contribution is 7.89. The summed E-state index contributed by atoms with van der Waals surface area (Å²) in [7, 11) is -4.18. The number of nitrogens with zero attached hydrogens (tertiary/aromatic N) is 2. The van der Waals surface area contributed by atoms with Crippen molar-refractivity contribution in [2.45, 2.75) is 37.5 Å². The Hall–Kier alpha value is -0.750. The first-order chi connectivity index (χ1) is 11.1. The van der Waals surface area contributed by atoms with Crippen molar-refractivity contribution in [2.75, 3.05) is 39.3 Å². The summed E-state index contributed by atoms with van der Waals surface area (Å²) in [5.74, 6) is -0.511. The number of likely N-dealkylation sites (tertiary alicyclic amines) is 1. The lowest BCUT2D eigenvalue weighted by atomic mass is 10.1. The van der Waals surface area contributed by atoms with E-state index in [4.69, 9.17) is 4.74 Å². The highest BCUT2D eigenvalue weighted by atomic mass is 32.2. The molecule has 2 aliphatic rings. The molecule has 3 atom stereocenters. The van der Waals surface area contributed by atoms with Gasteiger partial charge in [0.15, 0.2) is 0 Å². The number of sulfonamides is 2. The molecule has 0 aromatic carbocycles. The van der Waals surface area contributed by atoms with Gasteiger partial charge >= 0.3 is 0 Å². The van der Waals surface area contributed by atoms with E-state index in [-0.39, 0.29) is 30.7 Å². The van der Waals surface area contributed by atoms with Crippen molar-refractivity contribution >= 4 is 26.0 Å². The number of amides is 1. The van der Waals surface area contributed by atoms with Crippen molar-refractivity contribution in [1.29, 1.82) is 0 Å². The smallest absolute Gasteiger partial charge is 0.241 e. The third kappa shape index (κ3) is 4.26. The molecule has 0 spiro atoms. The van der Waals surface area contributed by atoms with Crippen molar-refractivity contribution in [3.63, 3.8) is 0 Å². The lowest BCUT2D eigenvalue weighted by Crippen LogP contribution is -2.50. The predicted molar refractivity (Wildman–Crippen MR) is 88.3 cm³/mol. The van der Waals surface area contributed by atoms with Crippen LogP contribution in [-0.4, -0.2) is 89.4 Å². The molecular formula is C13H25N3O6S2. The molecule has 0 aliphatic carbocycles. The molecule has 2 fully saturated rings. The quantitative estimate of drug-likeness (QED) is 0.602. The maximum atomic E-state index is 12.9. The average molecular weight is 383 g/mol. The Morgan fingerprint density at radius 3 is 2.50 bits per heavy atom. The zero-order chi connectivity index (χ0) is 18.1. The second-order valence-corrected chi connectivity index (χ2v) is 10.2. The maximum Gasteiger partial charge on any atom is 0.241 e. The minimum absolute atomic E-state index is 0.138. The van der Waals surface area contributed by atoms with Crippen molar-refractivity contribution in [3.05, 3.63) is 0 Å². The van der Waals surface area contributed by atoms with Crippen LogP contribution in [0, 0.1) is 0 Å². The van der Waals surface area contributed by atoms with Gasteiger partial charge in [0, 0.05) is 32.7 Å². The maximum absolute atomic E-state index is 12.9. The monoisotopic (exact) mass is 383 g/mol. The minimum Gasteiger partial charge on any atom is -0.380 e. The van der Waals surface area contributed by atoms with Gasteiger partial charge in [0.25, 0.3) is 0 Å². The highest BCUT2D eigenvalue weighted by Crippen LogP contribution is 2.28. The largest absolute Gasteiger partial charge is 0.380 e. The molecule has 0 saturated carbocycles. The third-order valence-electron chi connectivity index (χ3n) is 4.64. The molecule has 11 heteroatoms. The van der Waals surface area contributed by atoms with Crippen LogP contribution in [0.5, 0.6) is 0 Å². The van der Waals surface area contributed by atoms with Crippen LogP contribution in [0.3, 0.4) is 0 Å². The summed E-state index contributed by atoms with van der Waals surface area (Å²) in [4.78, 5) is 14.4. The molecule has 0 radical (unpaired) electrons. The fraction of sp³-hybridized carbons (Fsp3) is 0.923. The van der Waals surface area contributed by atoms with Crippen LogP contribution in [0.15, 0.2) is 0 Å². The number of nitrogens with one attached hydrogen (secondary N) is 1. The molecule has 0 bridgehead atoms. The van der Waals surface area contributed by atoms with Gasteiger partial charge in [-0.15, -0.1) is 0 Å². The van der Waals surface area contributed by atoms with Gasteiger partial charge in [-0.25, -0.2) is 21.6 Å². The Bertz CT molecular complexity index is 678. The van der Waals surface area contributed by atoms with Crippen molar-refractivity contribution in [3.8, 4) is 0 Å². The summed E-state index contributed by atoms with van der Waals surface area (Å²) < 4.78 is 56.2. The molecule has 0 aromatic rings. The van der Waals surface area contributed by atoms with E-state index in [1.165, 1.54) is 19.1 Å². The molecular weight excluding hydrogens is 358 g/mol. The number of ether oxygens (including phenoxy) is 1. The zero-order valence-electron chi connectivity index (χ0n) is 14.1. The fourth-order valence-electron chi connectivity index (χ4n) is 3.36. The Kier molecular flexibility index (Phi) is 5.91. The molecule has 2 saturated heterocycles. The van der Waals surface area contributed by atoms with Gasteiger partial charge in [-0.2, -0.15) is 4.31 Å². The van der Waals surface area contributed by atoms with Crippen LogP contribution in [0.2, 0.25) is 0 Å². The van der Waals surface area contributed by atoms with Gasteiger partial charge in [-0.1, -0.05) is 0 Å². The van der Waals surface area contributed by atoms with Gasteiger partial charge in [-0.05, 0) is 19.9 Å². The third-order valence-corrected chi connectivity index (χ3v) is 7.35. The minimum atomic E-state index is -3.55. The lowest BCUT2D eigenvalue weighted by Gasteiger charge is -2.30. The number of hydrogen-bond acceptors (Lipinski definition) is 6. The number of rotatable bonds is 6. The first-order valence-electron chi connectivity index (χ1n) is 7.80. The Balaban J connectivity index is 2.19. The number of carbonyl (C=O) groups excluding carboxylic acids is 1. The highest BCUT2D eigenvalue weighted by Gasteiger charge is 2.45. The van der Waals surface area contributed by atoms with Crippen LogP contribution in [0.25, 0.3) is 0 Å². The predicted octanol–water partition coefficient (Wildman–Crippen LogP) is -1.42. The summed E-state index contributed by atoms with van der Waals surface area (Å²) in [6.07, 6.45) is 2.31. The van der Waals surface area contributed by atoms with E-state index >= 15 is 0 Å². The average Bonchev–Trinajstić information content (AvgIpc) is 3.12. The molecule has 9 nitrogen and oxygen atoms in total. The summed E-state index contributed by atoms with van der Waals surface area (Å²) in [5.41, 5.74) is 0. The van der Waals surface area contributed by atoms with E-state index in [0.717, 1.165) is 10.6 Å². The van der Waals surface area contributed by atoms with Crippen LogP contribution >= 0.6 is 0 Å².